The van der Waals surface area contributed by atoms with E-state index in [9.17, 15) is 14.4 Å². The van der Waals surface area contributed by atoms with Gasteiger partial charge in [-0.15, -0.1) is 0 Å². The molecular weight excluding hydrogens is 426 g/mol. The van der Waals surface area contributed by atoms with Crippen LogP contribution in [0.3, 0.4) is 0 Å². The van der Waals surface area contributed by atoms with Crippen LogP contribution in [0.2, 0.25) is 0 Å². The lowest BCUT2D eigenvalue weighted by Crippen LogP contribution is -2.23. The van der Waals surface area contributed by atoms with Crippen LogP contribution in [0.25, 0.3) is 0 Å². The third-order valence-corrected chi connectivity index (χ3v) is 5.68. The Hall–Kier alpha value is -3.73. The van der Waals surface area contributed by atoms with Crippen molar-refractivity contribution in [1.29, 1.82) is 0 Å². The van der Waals surface area contributed by atoms with Gasteiger partial charge < -0.3 is 10.1 Å². The molecule has 1 N–H and O–H groups in total. The molecule has 0 aromatic heterocycles. The van der Waals surface area contributed by atoms with Crippen LogP contribution in [0.15, 0.2) is 66.7 Å². The molecule has 3 aromatic carbocycles. The molecule has 5 heteroatoms. The van der Waals surface area contributed by atoms with Crippen molar-refractivity contribution in [3.63, 3.8) is 0 Å². The first-order valence-electron chi connectivity index (χ1n) is 11.5. The van der Waals surface area contributed by atoms with Crippen molar-refractivity contribution < 1.29 is 19.1 Å². The van der Waals surface area contributed by atoms with Crippen molar-refractivity contribution in [3.8, 4) is 0 Å². The highest BCUT2D eigenvalue weighted by Crippen LogP contribution is 2.32. The largest absolute Gasteiger partial charge is 0.452 e. The van der Waals surface area contributed by atoms with E-state index < -0.39 is 18.5 Å². The second-order valence-electron chi connectivity index (χ2n) is 8.99. The fraction of sp³-hybridized carbons (Fsp3) is 0.276. The summed E-state index contributed by atoms with van der Waals surface area (Å²) in [5.41, 5.74) is 4.71. The lowest BCUT2D eigenvalue weighted by molar-refractivity contribution is -0.119. The smallest absolute Gasteiger partial charge is 0.339 e. The normalized spacial score (nSPS) is 10.9. The molecule has 0 aliphatic rings. The van der Waals surface area contributed by atoms with Gasteiger partial charge in [-0.3, -0.25) is 9.59 Å². The number of carbonyl (C=O) groups excluding carboxylic acids is 3. The molecule has 3 aromatic rings. The molecule has 0 saturated carbocycles. The predicted octanol–water partition coefficient (Wildman–Crippen LogP) is 6.27. The van der Waals surface area contributed by atoms with E-state index in [2.05, 4.69) is 33.0 Å². The van der Waals surface area contributed by atoms with Crippen molar-refractivity contribution in [1.82, 2.24) is 0 Å². The maximum atomic E-state index is 13.0. The number of nitrogens with one attached hydrogen (secondary N) is 1. The summed E-state index contributed by atoms with van der Waals surface area (Å²) in [5.74, 6) is -0.977. The van der Waals surface area contributed by atoms with Crippen molar-refractivity contribution in [3.05, 3.63) is 100 Å². The van der Waals surface area contributed by atoms with Crippen molar-refractivity contribution in [2.24, 2.45) is 0 Å². The van der Waals surface area contributed by atoms with Gasteiger partial charge >= 0.3 is 5.97 Å². The summed E-state index contributed by atoms with van der Waals surface area (Å²) in [5, 5.41) is 2.93. The van der Waals surface area contributed by atoms with Crippen LogP contribution in [-0.4, -0.2) is 24.3 Å². The molecule has 0 unspecified atom stereocenters. The van der Waals surface area contributed by atoms with Crippen LogP contribution in [0.5, 0.6) is 0 Å². The van der Waals surface area contributed by atoms with Gasteiger partial charge in [0.2, 0.25) is 0 Å². The zero-order chi connectivity index (χ0) is 24.8. The molecule has 176 valence electrons. The predicted molar refractivity (Wildman–Crippen MR) is 135 cm³/mol. The van der Waals surface area contributed by atoms with E-state index >= 15 is 0 Å². The molecule has 0 heterocycles. The van der Waals surface area contributed by atoms with Gasteiger partial charge in [0, 0.05) is 16.8 Å². The van der Waals surface area contributed by atoms with Gasteiger partial charge in [-0.25, -0.2) is 4.79 Å². The number of para-hydroxylation sites is 1. The number of esters is 1. The minimum Gasteiger partial charge on any atom is -0.452 e. The first kappa shape index (κ1) is 24.9. The Morgan fingerprint density at radius 1 is 0.765 bits per heavy atom. The van der Waals surface area contributed by atoms with Gasteiger partial charge in [0.1, 0.15) is 0 Å². The Labute approximate surface area is 201 Å². The van der Waals surface area contributed by atoms with Gasteiger partial charge in [0.05, 0.1) is 5.56 Å². The van der Waals surface area contributed by atoms with E-state index in [0.717, 1.165) is 22.4 Å². The third-order valence-electron chi connectivity index (χ3n) is 5.68. The van der Waals surface area contributed by atoms with Crippen LogP contribution in [-0.2, 0) is 9.53 Å². The summed E-state index contributed by atoms with van der Waals surface area (Å²) >= 11 is 0. The zero-order valence-electron chi connectivity index (χ0n) is 20.3. The molecule has 0 saturated heterocycles. The number of aryl methyl sites for hydroxylation is 1. The zero-order valence-corrected chi connectivity index (χ0v) is 20.3. The van der Waals surface area contributed by atoms with E-state index in [0.29, 0.717) is 5.56 Å². The fourth-order valence-corrected chi connectivity index (χ4v) is 3.80. The number of rotatable bonds is 8. The lowest BCUT2D eigenvalue weighted by Gasteiger charge is -2.20. The highest BCUT2D eigenvalue weighted by Gasteiger charge is 2.21. The standard InChI is InChI=1S/C29H31NO4/c1-18(2)22-11-8-12-23(19(3)4)27(22)30-26(31)17-34-29(33)25-10-7-6-9-24(25)28(32)21-15-13-20(5)14-16-21/h6-16,18-19H,17H2,1-5H3,(H,30,31). The van der Waals surface area contributed by atoms with Crippen LogP contribution >= 0.6 is 0 Å². The van der Waals surface area contributed by atoms with Crippen molar-refractivity contribution in [2.45, 2.75) is 46.5 Å². The minimum absolute atomic E-state index is 0.131. The van der Waals surface area contributed by atoms with E-state index in [1.807, 2.05) is 37.3 Å². The lowest BCUT2D eigenvalue weighted by atomic mass is 9.92. The van der Waals surface area contributed by atoms with Crippen molar-refractivity contribution in [2.75, 3.05) is 11.9 Å². The number of carbonyl (C=O) groups is 3. The van der Waals surface area contributed by atoms with Crippen LogP contribution in [0, 0.1) is 6.92 Å². The average Bonchev–Trinajstić information content (AvgIpc) is 2.82. The summed E-state index contributed by atoms with van der Waals surface area (Å²) in [6.45, 7) is 9.76. The number of amides is 1. The molecule has 0 fully saturated rings. The summed E-state index contributed by atoms with van der Waals surface area (Å²) < 4.78 is 5.31. The second kappa shape index (κ2) is 10.9. The van der Waals surface area contributed by atoms with Gasteiger partial charge in [-0.1, -0.05) is 93.9 Å². The van der Waals surface area contributed by atoms with Crippen LogP contribution in [0.4, 0.5) is 5.69 Å². The average molecular weight is 458 g/mol. The monoisotopic (exact) mass is 457 g/mol. The summed E-state index contributed by atoms with van der Waals surface area (Å²) in [6.07, 6.45) is 0. The first-order valence-corrected chi connectivity index (χ1v) is 11.5. The highest BCUT2D eigenvalue weighted by molar-refractivity contribution is 6.14. The number of ether oxygens (including phenoxy) is 1. The Balaban J connectivity index is 1.75. The molecule has 0 aliphatic carbocycles. The SMILES string of the molecule is Cc1ccc(C(=O)c2ccccc2C(=O)OCC(=O)Nc2c(C(C)C)cccc2C(C)C)cc1. The van der Waals surface area contributed by atoms with Gasteiger partial charge in [-0.2, -0.15) is 0 Å². The summed E-state index contributed by atoms with van der Waals surface area (Å²) in [6, 6.07) is 19.6. The Kier molecular flexibility index (Phi) is 8.00. The molecule has 34 heavy (non-hydrogen) atoms. The summed E-state index contributed by atoms with van der Waals surface area (Å²) in [7, 11) is 0. The van der Waals surface area contributed by atoms with Gasteiger partial charge in [-0.05, 0) is 36.0 Å². The Bertz CT molecular complexity index is 1170. The Morgan fingerprint density at radius 2 is 1.32 bits per heavy atom. The number of benzene rings is 3. The van der Waals surface area contributed by atoms with Crippen LogP contribution in [0.1, 0.15) is 82.5 Å². The maximum Gasteiger partial charge on any atom is 0.339 e. The molecule has 5 nitrogen and oxygen atoms in total. The topological polar surface area (TPSA) is 72.5 Å². The van der Waals surface area contributed by atoms with E-state index in [4.69, 9.17) is 4.74 Å². The van der Waals surface area contributed by atoms with E-state index in [1.165, 1.54) is 6.07 Å². The second-order valence-corrected chi connectivity index (χ2v) is 8.99. The molecule has 0 atom stereocenters. The van der Waals surface area contributed by atoms with E-state index in [1.54, 1.807) is 30.3 Å². The summed E-state index contributed by atoms with van der Waals surface area (Å²) in [4.78, 5) is 38.5. The first-order chi connectivity index (χ1) is 16.2. The number of ketones is 1. The minimum atomic E-state index is -0.715. The number of hydrogen-bond donors (Lipinski definition) is 1. The van der Waals surface area contributed by atoms with Crippen molar-refractivity contribution >= 4 is 23.3 Å². The van der Waals surface area contributed by atoms with Crippen LogP contribution < -0.4 is 5.32 Å². The number of anilines is 1. The molecular formula is C29H31NO4. The van der Waals surface area contributed by atoms with Gasteiger partial charge in [0.15, 0.2) is 12.4 Å². The molecule has 0 aliphatic heterocycles. The molecule has 1 amide bonds. The fourth-order valence-electron chi connectivity index (χ4n) is 3.80. The molecule has 0 bridgehead atoms. The van der Waals surface area contributed by atoms with E-state index in [-0.39, 0.29) is 28.7 Å². The van der Waals surface area contributed by atoms with Gasteiger partial charge in [0.25, 0.3) is 5.91 Å². The third kappa shape index (κ3) is 5.79. The highest BCUT2D eigenvalue weighted by atomic mass is 16.5. The quantitative estimate of drug-likeness (QED) is 0.320. The Morgan fingerprint density at radius 3 is 1.88 bits per heavy atom. The molecule has 3 rings (SSSR count). The maximum absolute atomic E-state index is 13.0. The molecule has 0 spiro atoms. The molecule has 0 radical (unpaired) electrons. The number of hydrogen-bond acceptors (Lipinski definition) is 4.